The molecule has 9 nitrogen and oxygen atoms in total. The van der Waals surface area contributed by atoms with E-state index in [9.17, 15) is 24.0 Å². The average Bonchev–Trinajstić information content (AvgIpc) is 3.56. The lowest BCUT2D eigenvalue weighted by Gasteiger charge is -2.19. The lowest BCUT2D eigenvalue weighted by Crippen LogP contribution is -2.32. The van der Waals surface area contributed by atoms with Gasteiger partial charge in [0.1, 0.15) is 0 Å². The maximum atomic E-state index is 13.0. The molecule has 1 saturated heterocycles. The number of esters is 2. The first-order valence-corrected chi connectivity index (χ1v) is 11.5. The summed E-state index contributed by atoms with van der Waals surface area (Å²) in [4.78, 5) is 63.5. The van der Waals surface area contributed by atoms with Crippen molar-refractivity contribution in [2.75, 3.05) is 23.9 Å². The molecule has 0 unspecified atom stereocenters. The molecule has 2 aromatic rings. The molecule has 35 heavy (non-hydrogen) atoms. The van der Waals surface area contributed by atoms with Crippen LogP contribution in [0.5, 0.6) is 0 Å². The summed E-state index contributed by atoms with van der Waals surface area (Å²) in [5.41, 5.74) is 1.24. The zero-order chi connectivity index (χ0) is 24.7. The number of methoxy groups -OCH3 is 1. The fourth-order valence-corrected chi connectivity index (χ4v) is 5.65. The SMILES string of the molecule is COC(=O)c1ccc(NC(=O)COC(=O)c2cccc(N3C(=O)[C@H]4[C@H]5CC[C@@H](C5)[C@@H]4C3=O)c2)cc1. The number of imide groups is 1. The normalized spacial score (nSPS) is 24.3. The van der Waals surface area contributed by atoms with E-state index in [0.717, 1.165) is 19.3 Å². The van der Waals surface area contributed by atoms with E-state index in [4.69, 9.17) is 4.74 Å². The Kier molecular flexibility index (Phi) is 5.84. The highest BCUT2D eigenvalue weighted by Gasteiger charge is 2.61. The number of nitrogens with zero attached hydrogens (tertiary/aromatic N) is 1. The molecular weight excluding hydrogens is 452 g/mol. The Bertz CT molecular complexity index is 1190. The van der Waals surface area contributed by atoms with Crippen LogP contribution in [0.1, 0.15) is 40.0 Å². The molecule has 3 fully saturated rings. The second kappa shape index (κ2) is 8.98. The molecule has 1 aliphatic heterocycles. The molecule has 2 aromatic carbocycles. The van der Waals surface area contributed by atoms with Gasteiger partial charge in [-0.05, 0) is 73.6 Å². The third kappa shape index (κ3) is 4.07. The molecule has 0 radical (unpaired) electrons. The summed E-state index contributed by atoms with van der Waals surface area (Å²) >= 11 is 0. The van der Waals surface area contributed by atoms with Gasteiger partial charge >= 0.3 is 11.9 Å². The first-order valence-electron chi connectivity index (χ1n) is 11.5. The first-order chi connectivity index (χ1) is 16.9. The van der Waals surface area contributed by atoms with E-state index in [0.29, 0.717) is 16.9 Å². The number of carbonyl (C=O) groups excluding carboxylic acids is 5. The standard InChI is InChI=1S/C26H24N2O7/c1-34-25(32)14-7-9-18(10-8-14)27-20(29)13-35-26(33)17-3-2-4-19(12-17)28-23(30)21-15-5-6-16(11-15)22(21)24(28)31/h2-4,7-10,12,15-16,21-22H,5-6,11,13H2,1H3,(H,27,29)/t15-,16-,21-,22-/m0/s1. The van der Waals surface area contributed by atoms with Crippen LogP contribution in [0.3, 0.4) is 0 Å². The van der Waals surface area contributed by atoms with Crippen molar-refractivity contribution >= 4 is 41.0 Å². The van der Waals surface area contributed by atoms with E-state index >= 15 is 0 Å². The van der Waals surface area contributed by atoms with Crippen LogP contribution in [0.15, 0.2) is 48.5 Å². The lowest BCUT2D eigenvalue weighted by atomic mass is 9.81. The highest BCUT2D eigenvalue weighted by Crippen LogP contribution is 2.56. The fraction of sp³-hybridized carbons (Fsp3) is 0.346. The van der Waals surface area contributed by atoms with E-state index < -0.39 is 24.5 Å². The largest absolute Gasteiger partial charge is 0.465 e. The Morgan fingerprint density at radius 3 is 2.20 bits per heavy atom. The van der Waals surface area contributed by atoms with Gasteiger partial charge in [-0.2, -0.15) is 0 Å². The van der Waals surface area contributed by atoms with Crippen LogP contribution >= 0.6 is 0 Å². The van der Waals surface area contributed by atoms with Crippen molar-refractivity contribution in [1.82, 2.24) is 0 Å². The molecule has 2 saturated carbocycles. The van der Waals surface area contributed by atoms with Crippen molar-refractivity contribution in [1.29, 1.82) is 0 Å². The zero-order valence-electron chi connectivity index (χ0n) is 19.1. The van der Waals surface area contributed by atoms with Crippen LogP contribution in [0.4, 0.5) is 11.4 Å². The monoisotopic (exact) mass is 476 g/mol. The Balaban J connectivity index is 1.20. The molecule has 0 spiro atoms. The van der Waals surface area contributed by atoms with Crippen molar-refractivity contribution in [2.24, 2.45) is 23.7 Å². The minimum absolute atomic E-state index is 0.137. The van der Waals surface area contributed by atoms with E-state index in [2.05, 4.69) is 10.1 Å². The van der Waals surface area contributed by atoms with Crippen LogP contribution in [0.25, 0.3) is 0 Å². The molecule has 3 amide bonds. The van der Waals surface area contributed by atoms with E-state index in [1.807, 2.05) is 0 Å². The number of benzene rings is 2. The number of ether oxygens (including phenoxy) is 2. The quantitative estimate of drug-likeness (QED) is 0.503. The van der Waals surface area contributed by atoms with E-state index in [1.54, 1.807) is 12.1 Å². The van der Waals surface area contributed by atoms with Gasteiger partial charge in [-0.25, -0.2) is 9.59 Å². The Labute approximate surface area is 201 Å². The number of anilines is 2. The van der Waals surface area contributed by atoms with Crippen LogP contribution in [-0.4, -0.2) is 43.4 Å². The van der Waals surface area contributed by atoms with Gasteiger partial charge in [0.15, 0.2) is 6.61 Å². The molecule has 4 atom stereocenters. The predicted octanol–water partition coefficient (Wildman–Crippen LogP) is 2.80. The number of carbonyl (C=O) groups is 5. The second-order valence-corrected chi connectivity index (χ2v) is 9.14. The van der Waals surface area contributed by atoms with Gasteiger partial charge in [-0.1, -0.05) is 6.07 Å². The molecule has 0 aromatic heterocycles. The Morgan fingerprint density at radius 1 is 0.914 bits per heavy atom. The summed E-state index contributed by atoms with van der Waals surface area (Å²) < 4.78 is 9.74. The maximum Gasteiger partial charge on any atom is 0.338 e. The van der Waals surface area contributed by atoms with E-state index in [-0.39, 0.29) is 41.0 Å². The molecule has 2 bridgehead atoms. The summed E-state index contributed by atoms with van der Waals surface area (Å²) in [6.45, 7) is -0.531. The molecule has 1 N–H and O–H groups in total. The summed E-state index contributed by atoms with van der Waals surface area (Å²) in [6.07, 6.45) is 2.93. The van der Waals surface area contributed by atoms with Crippen molar-refractivity contribution in [3.05, 3.63) is 59.7 Å². The van der Waals surface area contributed by atoms with Gasteiger partial charge in [0.2, 0.25) is 11.8 Å². The summed E-state index contributed by atoms with van der Waals surface area (Å²) in [7, 11) is 1.28. The molecule has 2 aliphatic carbocycles. The molecule has 9 heteroatoms. The van der Waals surface area contributed by atoms with Gasteiger partial charge in [-0.3, -0.25) is 19.3 Å². The van der Waals surface area contributed by atoms with Crippen LogP contribution in [0, 0.1) is 23.7 Å². The highest BCUT2D eigenvalue weighted by molar-refractivity contribution is 6.22. The number of amides is 3. The highest BCUT2D eigenvalue weighted by atomic mass is 16.5. The summed E-state index contributed by atoms with van der Waals surface area (Å²) in [5, 5.41) is 2.57. The topological polar surface area (TPSA) is 119 Å². The third-order valence-corrected chi connectivity index (χ3v) is 7.19. The minimum atomic E-state index is -0.748. The van der Waals surface area contributed by atoms with Crippen molar-refractivity contribution in [2.45, 2.75) is 19.3 Å². The van der Waals surface area contributed by atoms with Gasteiger partial charge in [0.25, 0.3) is 5.91 Å². The van der Waals surface area contributed by atoms with Gasteiger partial charge < -0.3 is 14.8 Å². The molecule has 3 aliphatic rings. The third-order valence-electron chi connectivity index (χ3n) is 7.19. The van der Waals surface area contributed by atoms with Crippen molar-refractivity contribution in [3.63, 3.8) is 0 Å². The van der Waals surface area contributed by atoms with Gasteiger partial charge in [0.05, 0.1) is 35.8 Å². The zero-order valence-corrected chi connectivity index (χ0v) is 19.1. The minimum Gasteiger partial charge on any atom is -0.465 e. The maximum absolute atomic E-state index is 13.0. The number of rotatable bonds is 6. The Hall–Kier alpha value is -4.01. The number of hydrogen-bond donors (Lipinski definition) is 1. The van der Waals surface area contributed by atoms with E-state index in [1.165, 1.54) is 48.4 Å². The molecule has 5 rings (SSSR count). The van der Waals surface area contributed by atoms with Crippen molar-refractivity contribution in [3.8, 4) is 0 Å². The Morgan fingerprint density at radius 2 is 1.57 bits per heavy atom. The van der Waals surface area contributed by atoms with Crippen LogP contribution in [-0.2, 0) is 23.9 Å². The number of hydrogen-bond acceptors (Lipinski definition) is 7. The van der Waals surface area contributed by atoms with Gasteiger partial charge in [-0.15, -0.1) is 0 Å². The molecular formula is C26H24N2O7. The number of nitrogens with one attached hydrogen (secondary N) is 1. The summed E-state index contributed by atoms with van der Waals surface area (Å²) in [5.74, 6) is -2.12. The van der Waals surface area contributed by atoms with Crippen LogP contribution in [0.2, 0.25) is 0 Å². The smallest absolute Gasteiger partial charge is 0.338 e. The van der Waals surface area contributed by atoms with Crippen molar-refractivity contribution < 1.29 is 33.4 Å². The predicted molar refractivity (Wildman–Crippen MR) is 123 cm³/mol. The fourth-order valence-electron chi connectivity index (χ4n) is 5.65. The molecule has 180 valence electrons. The molecule has 1 heterocycles. The average molecular weight is 476 g/mol. The first kappa shape index (κ1) is 22.8. The van der Waals surface area contributed by atoms with Gasteiger partial charge in [0, 0.05) is 5.69 Å². The lowest BCUT2D eigenvalue weighted by molar-refractivity contribution is -0.123. The van der Waals surface area contributed by atoms with Crippen LogP contribution < -0.4 is 10.2 Å². The summed E-state index contributed by atoms with van der Waals surface area (Å²) in [6, 6.07) is 12.2. The number of fused-ring (bicyclic) bond motifs is 5. The second-order valence-electron chi connectivity index (χ2n) is 9.14.